The van der Waals surface area contributed by atoms with Gasteiger partial charge in [0.05, 0.1) is 16.9 Å². The summed E-state index contributed by atoms with van der Waals surface area (Å²) in [5.74, 6) is 0.268. The fourth-order valence-electron chi connectivity index (χ4n) is 4.25. The van der Waals surface area contributed by atoms with Crippen molar-refractivity contribution in [1.29, 1.82) is 0 Å². The van der Waals surface area contributed by atoms with E-state index in [1.54, 1.807) is 41.3 Å². The fraction of sp³-hybridized carbons (Fsp3) is 0.346. The van der Waals surface area contributed by atoms with Crippen LogP contribution < -0.4 is 0 Å². The Morgan fingerprint density at radius 1 is 1.00 bits per heavy atom. The maximum absolute atomic E-state index is 13.1. The molecule has 1 saturated heterocycles. The summed E-state index contributed by atoms with van der Waals surface area (Å²) < 4.78 is 30.9. The molecule has 1 amide bonds. The number of hydrogen-bond donors (Lipinski definition) is 0. The van der Waals surface area contributed by atoms with Gasteiger partial charge in [0.15, 0.2) is 15.6 Å². The number of carbonyl (C=O) groups is 1. The number of carbonyl (C=O) groups excluding carboxylic acids is 1. The number of piperidine rings is 1. The molecule has 2 heterocycles. The van der Waals surface area contributed by atoms with Crippen molar-refractivity contribution in [2.24, 2.45) is 5.92 Å². The number of likely N-dealkylation sites (tertiary alicyclic amines) is 1. The topological polar surface area (TPSA) is 67.6 Å². The van der Waals surface area contributed by atoms with Gasteiger partial charge in [-0.25, -0.2) is 8.42 Å². The molecule has 0 spiro atoms. The molecule has 5 nitrogen and oxygen atoms in total. The third kappa shape index (κ3) is 5.30. The Kier molecular flexibility index (Phi) is 6.80. The van der Waals surface area contributed by atoms with Gasteiger partial charge in [-0.3, -0.25) is 4.79 Å². The maximum Gasteiger partial charge on any atom is 0.289 e. The van der Waals surface area contributed by atoms with Crippen LogP contribution in [0.25, 0.3) is 0 Å². The van der Waals surface area contributed by atoms with Gasteiger partial charge in [-0.05, 0) is 62.3 Å². The third-order valence-electron chi connectivity index (χ3n) is 6.25. The molecule has 1 aliphatic rings. The molecule has 1 fully saturated rings. The van der Waals surface area contributed by atoms with Gasteiger partial charge in [0.1, 0.15) is 0 Å². The predicted molar refractivity (Wildman–Crippen MR) is 124 cm³/mol. The van der Waals surface area contributed by atoms with Crippen LogP contribution in [0.5, 0.6) is 0 Å². The standard InChI is InChI=1S/C26H29NO4S/c1-20-7-9-21(10-8-20)11-12-22-13-16-27(17-14-22)26(28)25-23(15-18-31-25)19-32(29,30)24-5-3-2-4-6-24/h2-10,15,18,22H,11-14,16-17,19H2,1H3. The van der Waals surface area contributed by atoms with Crippen molar-refractivity contribution in [2.45, 2.75) is 43.3 Å². The average molecular weight is 452 g/mol. The van der Waals surface area contributed by atoms with Crippen LogP contribution in [0.4, 0.5) is 0 Å². The summed E-state index contributed by atoms with van der Waals surface area (Å²) in [5.41, 5.74) is 3.05. The minimum absolute atomic E-state index is 0.141. The Balaban J connectivity index is 1.34. The first-order chi connectivity index (χ1) is 15.4. The van der Waals surface area contributed by atoms with E-state index < -0.39 is 9.84 Å². The molecule has 0 N–H and O–H groups in total. The summed E-state index contributed by atoms with van der Waals surface area (Å²) in [6, 6.07) is 18.6. The molecule has 0 aliphatic carbocycles. The highest BCUT2D eigenvalue weighted by atomic mass is 32.2. The molecule has 0 unspecified atom stereocenters. The molecular formula is C26H29NO4S. The zero-order valence-electron chi connectivity index (χ0n) is 18.4. The van der Waals surface area contributed by atoms with E-state index in [0.29, 0.717) is 24.6 Å². The minimum Gasteiger partial charge on any atom is -0.459 e. The van der Waals surface area contributed by atoms with Crippen molar-refractivity contribution in [3.8, 4) is 0 Å². The summed E-state index contributed by atoms with van der Waals surface area (Å²) in [6.07, 6.45) is 5.48. The van der Waals surface area contributed by atoms with Crippen molar-refractivity contribution >= 4 is 15.7 Å². The molecule has 0 saturated carbocycles. The van der Waals surface area contributed by atoms with E-state index in [-0.39, 0.29) is 22.3 Å². The van der Waals surface area contributed by atoms with Crippen LogP contribution in [0, 0.1) is 12.8 Å². The molecule has 6 heteroatoms. The van der Waals surface area contributed by atoms with Crippen LogP contribution in [0.3, 0.4) is 0 Å². The highest BCUT2D eigenvalue weighted by molar-refractivity contribution is 7.90. The van der Waals surface area contributed by atoms with E-state index in [0.717, 1.165) is 25.7 Å². The highest BCUT2D eigenvalue weighted by Crippen LogP contribution is 2.26. The largest absolute Gasteiger partial charge is 0.459 e. The molecule has 2 aromatic carbocycles. The van der Waals surface area contributed by atoms with Gasteiger partial charge in [0.25, 0.3) is 5.91 Å². The molecule has 0 radical (unpaired) electrons. The van der Waals surface area contributed by atoms with Crippen molar-refractivity contribution in [1.82, 2.24) is 4.90 Å². The number of rotatable bonds is 7. The molecule has 3 aromatic rings. The number of furan rings is 1. The smallest absolute Gasteiger partial charge is 0.289 e. The molecule has 1 aromatic heterocycles. The Bertz CT molecular complexity index is 1140. The van der Waals surface area contributed by atoms with Crippen LogP contribution in [-0.4, -0.2) is 32.3 Å². The Morgan fingerprint density at radius 3 is 2.38 bits per heavy atom. The maximum atomic E-state index is 13.1. The Morgan fingerprint density at radius 2 is 1.69 bits per heavy atom. The first kappa shape index (κ1) is 22.3. The zero-order chi connectivity index (χ0) is 22.6. The second kappa shape index (κ2) is 9.74. The van der Waals surface area contributed by atoms with E-state index in [1.807, 2.05) is 0 Å². The summed E-state index contributed by atoms with van der Waals surface area (Å²) in [4.78, 5) is 15.1. The van der Waals surface area contributed by atoms with Gasteiger partial charge in [-0.2, -0.15) is 0 Å². The van der Waals surface area contributed by atoms with Gasteiger partial charge in [-0.15, -0.1) is 0 Å². The van der Waals surface area contributed by atoms with Gasteiger partial charge >= 0.3 is 0 Å². The van der Waals surface area contributed by atoms with E-state index in [4.69, 9.17) is 4.42 Å². The van der Waals surface area contributed by atoms with Crippen LogP contribution in [0.1, 0.15) is 46.5 Å². The van der Waals surface area contributed by atoms with Crippen molar-refractivity contribution in [3.63, 3.8) is 0 Å². The predicted octanol–water partition coefficient (Wildman–Crippen LogP) is 5.05. The van der Waals surface area contributed by atoms with Gasteiger partial charge in [0.2, 0.25) is 0 Å². The zero-order valence-corrected chi connectivity index (χ0v) is 19.2. The van der Waals surface area contributed by atoms with Crippen LogP contribution in [0.2, 0.25) is 0 Å². The number of aryl methyl sites for hydroxylation is 2. The monoisotopic (exact) mass is 451 g/mol. The second-order valence-corrected chi connectivity index (χ2v) is 10.6. The van der Waals surface area contributed by atoms with E-state index in [9.17, 15) is 13.2 Å². The molecule has 32 heavy (non-hydrogen) atoms. The summed E-state index contributed by atoms with van der Waals surface area (Å²) in [6.45, 7) is 3.43. The number of benzene rings is 2. The molecular weight excluding hydrogens is 422 g/mol. The lowest BCUT2D eigenvalue weighted by molar-refractivity contribution is 0.0654. The minimum atomic E-state index is -3.55. The fourth-order valence-corrected chi connectivity index (χ4v) is 5.62. The summed E-state index contributed by atoms with van der Waals surface area (Å²) in [5, 5.41) is 0. The first-order valence-electron chi connectivity index (χ1n) is 11.1. The number of sulfone groups is 1. The van der Waals surface area contributed by atoms with Crippen LogP contribution >= 0.6 is 0 Å². The van der Waals surface area contributed by atoms with Crippen molar-refractivity contribution in [3.05, 3.63) is 89.4 Å². The number of amides is 1. The molecule has 1 aliphatic heterocycles. The lowest BCUT2D eigenvalue weighted by atomic mass is 9.90. The molecule has 0 bridgehead atoms. The molecule has 0 atom stereocenters. The average Bonchev–Trinajstić information content (AvgIpc) is 3.26. The van der Waals surface area contributed by atoms with E-state index >= 15 is 0 Å². The van der Waals surface area contributed by atoms with Crippen LogP contribution in [-0.2, 0) is 22.0 Å². The number of nitrogens with zero attached hydrogens (tertiary/aromatic N) is 1. The number of hydrogen-bond acceptors (Lipinski definition) is 4. The first-order valence-corrected chi connectivity index (χ1v) is 12.8. The quantitative estimate of drug-likeness (QED) is 0.504. The lowest BCUT2D eigenvalue weighted by Crippen LogP contribution is -2.38. The van der Waals surface area contributed by atoms with Crippen LogP contribution in [0.15, 0.2) is 76.2 Å². The van der Waals surface area contributed by atoms with E-state index in [2.05, 4.69) is 31.2 Å². The Hall–Kier alpha value is -2.86. The second-order valence-electron chi connectivity index (χ2n) is 8.61. The normalized spacial score (nSPS) is 15.1. The summed E-state index contributed by atoms with van der Waals surface area (Å²) in [7, 11) is -3.55. The third-order valence-corrected chi connectivity index (χ3v) is 7.93. The van der Waals surface area contributed by atoms with E-state index in [1.165, 1.54) is 17.4 Å². The van der Waals surface area contributed by atoms with Crippen molar-refractivity contribution < 1.29 is 17.6 Å². The van der Waals surface area contributed by atoms with Gasteiger partial charge in [-0.1, -0.05) is 48.0 Å². The SMILES string of the molecule is Cc1ccc(CCC2CCN(C(=O)c3occc3CS(=O)(=O)c3ccccc3)CC2)cc1. The lowest BCUT2D eigenvalue weighted by Gasteiger charge is -2.31. The molecule has 4 rings (SSSR count). The summed E-state index contributed by atoms with van der Waals surface area (Å²) >= 11 is 0. The van der Waals surface area contributed by atoms with Gasteiger partial charge < -0.3 is 9.32 Å². The Labute approximate surface area is 190 Å². The molecule has 168 valence electrons. The van der Waals surface area contributed by atoms with Crippen molar-refractivity contribution in [2.75, 3.05) is 13.1 Å². The highest BCUT2D eigenvalue weighted by Gasteiger charge is 2.28. The van der Waals surface area contributed by atoms with Gasteiger partial charge in [0, 0.05) is 18.7 Å².